The summed E-state index contributed by atoms with van der Waals surface area (Å²) in [6, 6.07) is 0. The summed E-state index contributed by atoms with van der Waals surface area (Å²) in [5.41, 5.74) is 2.28. The van der Waals surface area contributed by atoms with Gasteiger partial charge in [0.25, 0.3) is 0 Å². The van der Waals surface area contributed by atoms with Crippen LogP contribution in [0.1, 0.15) is 5.69 Å². The van der Waals surface area contributed by atoms with E-state index < -0.39 is 0 Å². The van der Waals surface area contributed by atoms with Crippen LogP contribution in [0.5, 0.6) is 0 Å². The van der Waals surface area contributed by atoms with Gasteiger partial charge in [-0.25, -0.2) is 9.97 Å². The van der Waals surface area contributed by atoms with Crippen molar-refractivity contribution in [1.82, 2.24) is 15.0 Å². The smallest absolute Gasteiger partial charge is 0.159 e. The number of halogens is 2. The predicted octanol–water partition coefficient (Wildman–Crippen LogP) is 2.68. The molecule has 5 heteroatoms. The lowest BCUT2D eigenvalue weighted by Gasteiger charge is -1.99. The average Bonchev–Trinajstić information content (AvgIpc) is 2.48. The summed E-state index contributed by atoms with van der Waals surface area (Å²) in [5.74, 6) is 0. The van der Waals surface area contributed by atoms with Gasteiger partial charge >= 0.3 is 0 Å². The van der Waals surface area contributed by atoms with E-state index in [1.807, 2.05) is 6.92 Å². The minimum Gasteiger partial charge on any atom is -0.329 e. The molecule has 0 atom stereocenters. The minimum absolute atomic E-state index is 0.610. The van der Waals surface area contributed by atoms with E-state index >= 15 is 0 Å². The van der Waals surface area contributed by atoms with E-state index in [-0.39, 0.29) is 0 Å². The Morgan fingerprint density at radius 2 is 2.33 bits per heavy atom. The molecular formula is C7H5BrClN3. The van der Waals surface area contributed by atoms with Crippen molar-refractivity contribution < 1.29 is 0 Å². The summed E-state index contributed by atoms with van der Waals surface area (Å²) >= 11 is 9.34. The lowest BCUT2D eigenvalue weighted by molar-refractivity contribution is 1.20. The summed E-state index contributed by atoms with van der Waals surface area (Å²) in [5, 5.41) is 0.610. The van der Waals surface area contributed by atoms with Crippen molar-refractivity contribution >= 4 is 38.7 Å². The number of pyridine rings is 1. The Morgan fingerprint density at radius 1 is 1.58 bits per heavy atom. The molecule has 0 aliphatic rings. The Hall–Kier alpha value is -0.610. The van der Waals surface area contributed by atoms with Gasteiger partial charge in [0.1, 0.15) is 5.52 Å². The average molecular weight is 246 g/mol. The third kappa shape index (κ3) is 1.03. The number of aryl methyl sites for hydroxylation is 1. The van der Waals surface area contributed by atoms with Crippen LogP contribution >= 0.6 is 27.5 Å². The molecule has 0 radical (unpaired) electrons. The van der Waals surface area contributed by atoms with E-state index in [1.165, 1.54) is 0 Å². The van der Waals surface area contributed by atoms with Crippen molar-refractivity contribution in [2.45, 2.75) is 6.92 Å². The Labute approximate surface area is 82.3 Å². The van der Waals surface area contributed by atoms with E-state index in [2.05, 4.69) is 30.9 Å². The monoisotopic (exact) mass is 245 g/mol. The summed E-state index contributed by atoms with van der Waals surface area (Å²) < 4.78 is 0.809. The number of imidazole rings is 1. The predicted molar refractivity (Wildman–Crippen MR) is 51.3 cm³/mol. The molecule has 2 heterocycles. The molecule has 0 bridgehead atoms. The van der Waals surface area contributed by atoms with Crippen LogP contribution in [-0.4, -0.2) is 15.0 Å². The van der Waals surface area contributed by atoms with E-state index in [1.54, 1.807) is 6.33 Å². The topological polar surface area (TPSA) is 41.6 Å². The highest BCUT2D eigenvalue weighted by Crippen LogP contribution is 2.29. The molecule has 0 spiro atoms. The first-order chi connectivity index (χ1) is 5.70. The molecule has 2 aromatic heterocycles. The van der Waals surface area contributed by atoms with Gasteiger partial charge in [0.05, 0.1) is 21.5 Å². The van der Waals surface area contributed by atoms with Gasteiger partial charge in [-0.2, -0.15) is 0 Å². The van der Waals surface area contributed by atoms with Gasteiger partial charge in [-0.1, -0.05) is 11.6 Å². The van der Waals surface area contributed by atoms with E-state index in [0.717, 1.165) is 15.8 Å². The van der Waals surface area contributed by atoms with Crippen molar-refractivity contribution in [1.29, 1.82) is 0 Å². The van der Waals surface area contributed by atoms with Gasteiger partial charge in [0, 0.05) is 0 Å². The van der Waals surface area contributed by atoms with E-state index in [4.69, 9.17) is 11.6 Å². The van der Waals surface area contributed by atoms with E-state index in [9.17, 15) is 0 Å². The molecule has 0 aromatic carbocycles. The quantitative estimate of drug-likeness (QED) is 0.776. The van der Waals surface area contributed by atoms with Crippen molar-refractivity contribution in [3.63, 3.8) is 0 Å². The van der Waals surface area contributed by atoms with Crippen molar-refractivity contribution in [2.75, 3.05) is 0 Å². The number of H-pyrrole nitrogens is 1. The van der Waals surface area contributed by atoms with Crippen LogP contribution in [0.25, 0.3) is 11.2 Å². The van der Waals surface area contributed by atoms with Crippen LogP contribution in [-0.2, 0) is 0 Å². The molecule has 3 nitrogen and oxygen atoms in total. The van der Waals surface area contributed by atoms with Crippen molar-refractivity contribution in [2.24, 2.45) is 0 Å². The highest BCUT2D eigenvalue weighted by Gasteiger charge is 2.09. The number of rotatable bonds is 0. The Balaban J connectivity index is 2.94. The Kier molecular flexibility index (Phi) is 1.81. The molecule has 2 aromatic rings. The van der Waals surface area contributed by atoms with E-state index in [0.29, 0.717) is 10.5 Å². The highest BCUT2D eigenvalue weighted by atomic mass is 79.9. The number of fused-ring (bicyclic) bond motifs is 1. The second-order valence-corrected chi connectivity index (χ2v) is 3.60. The molecule has 0 saturated heterocycles. The van der Waals surface area contributed by atoms with Crippen molar-refractivity contribution in [3.05, 3.63) is 21.5 Å². The largest absolute Gasteiger partial charge is 0.329 e. The lowest BCUT2D eigenvalue weighted by atomic mass is 10.3. The maximum Gasteiger partial charge on any atom is 0.159 e. The first-order valence-corrected chi connectivity index (χ1v) is 4.52. The van der Waals surface area contributed by atoms with Crippen LogP contribution in [0.15, 0.2) is 10.8 Å². The zero-order chi connectivity index (χ0) is 8.72. The molecule has 12 heavy (non-hydrogen) atoms. The molecule has 0 aliphatic carbocycles. The molecule has 1 N–H and O–H groups in total. The second-order valence-electron chi connectivity index (χ2n) is 2.42. The van der Waals surface area contributed by atoms with Gasteiger partial charge in [-0.3, -0.25) is 0 Å². The lowest BCUT2D eigenvalue weighted by Crippen LogP contribution is -1.86. The SMILES string of the molecule is Cc1nc2[nH]cnc2c(Cl)c1Br. The second kappa shape index (κ2) is 2.71. The summed E-state index contributed by atoms with van der Waals surface area (Å²) in [6.07, 6.45) is 1.58. The zero-order valence-corrected chi connectivity index (χ0v) is 8.57. The Bertz CT molecular complexity index is 437. The Morgan fingerprint density at radius 3 is 3.08 bits per heavy atom. The standard InChI is InChI=1S/C7H5BrClN3/c1-3-4(8)5(9)6-7(12-3)11-2-10-6/h2H,1H3,(H,10,11,12). The number of nitrogens with zero attached hydrogens (tertiary/aromatic N) is 2. The maximum atomic E-state index is 6.00. The van der Waals surface area contributed by atoms with Crippen LogP contribution in [0, 0.1) is 6.92 Å². The number of aromatic nitrogens is 3. The van der Waals surface area contributed by atoms with Gasteiger partial charge in [-0.05, 0) is 22.9 Å². The fourth-order valence-electron chi connectivity index (χ4n) is 1.01. The molecule has 0 saturated carbocycles. The fourth-order valence-corrected chi connectivity index (χ4v) is 1.56. The minimum atomic E-state index is 0.610. The van der Waals surface area contributed by atoms with Crippen LogP contribution in [0.4, 0.5) is 0 Å². The molecule has 0 unspecified atom stereocenters. The van der Waals surface area contributed by atoms with Crippen molar-refractivity contribution in [3.8, 4) is 0 Å². The van der Waals surface area contributed by atoms with Crippen LogP contribution in [0.2, 0.25) is 5.02 Å². The fraction of sp³-hybridized carbons (Fsp3) is 0.143. The highest BCUT2D eigenvalue weighted by molar-refractivity contribution is 9.10. The number of nitrogens with one attached hydrogen (secondary N) is 1. The maximum absolute atomic E-state index is 6.00. The molecule has 0 amide bonds. The number of hydrogen-bond acceptors (Lipinski definition) is 2. The van der Waals surface area contributed by atoms with Crippen LogP contribution < -0.4 is 0 Å². The van der Waals surface area contributed by atoms with Crippen LogP contribution in [0.3, 0.4) is 0 Å². The van der Waals surface area contributed by atoms with Gasteiger partial charge in [0.15, 0.2) is 5.65 Å². The number of hydrogen-bond donors (Lipinski definition) is 1. The number of aromatic amines is 1. The van der Waals surface area contributed by atoms with Gasteiger partial charge in [0.2, 0.25) is 0 Å². The third-order valence-electron chi connectivity index (χ3n) is 1.62. The summed E-state index contributed by atoms with van der Waals surface area (Å²) in [4.78, 5) is 11.2. The van der Waals surface area contributed by atoms with Gasteiger partial charge in [-0.15, -0.1) is 0 Å². The molecule has 2 rings (SSSR count). The summed E-state index contributed by atoms with van der Waals surface area (Å²) in [6.45, 7) is 1.89. The molecule has 0 fully saturated rings. The normalized spacial score (nSPS) is 10.9. The molecular weight excluding hydrogens is 241 g/mol. The van der Waals surface area contributed by atoms with Gasteiger partial charge < -0.3 is 4.98 Å². The first kappa shape index (κ1) is 8.01. The molecule has 62 valence electrons. The molecule has 0 aliphatic heterocycles. The zero-order valence-electron chi connectivity index (χ0n) is 6.23. The summed E-state index contributed by atoms with van der Waals surface area (Å²) in [7, 11) is 0. The third-order valence-corrected chi connectivity index (χ3v) is 3.18. The first-order valence-electron chi connectivity index (χ1n) is 3.35.